The molecule has 4 nitrogen and oxygen atoms in total. The van der Waals surface area contributed by atoms with Gasteiger partial charge in [-0.1, -0.05) is 6.58 Å². The minimum Gasteiger partial charge on any atom is -0.392 e. The molecule has 1 aromatic heterocycles. The Balaban J connectivity index is 1.94. The molecule has 0 unspecified atom stereocenters. The van der Waals surface area contributed by atoms with E-state index in [1.807, 2.05) is 6.92 Å². The first-order valence-electron chi connectivity index (χ1n) is 8.61. The molecule has 0 radical (unpaired) electrons. The number of likely N-dealkylation sites (tertiary alicyclic amines) is 1. The number of aliphatic hydroxyl groups excluding tert-OH is 1. The molecule has 2 aliphatic rings. The van der Waals surface area contributed by atoms with Crippen molar-refractivity contribution in [1.82, 2.24) is 4.90 Å². The van der Waals surface area contributed by atoms with E-state index in [9.17, 15) is 18.3 Å². The highest BCUT2D eigenvalue weighted by Gasteiger charge is 2.48. The first kappa shape index (κ1) is 19.5. The van der Waals surface area contributed by atoms with Crippen molar-refractivity contribution in [2.45, 2.75) is 50.6 Å². The van der Waals surface area contributed by atoms with E-state index < -0.39 is 23.3 Å². The SMILES string of the molecule is C=C(C=N)CN1CC[C@]2(C[C@@H]1C)OCCc1c2sc(C(F)(F)F)c1CO. The van der Waals surface area contributed by atoms with Gasteiger partial charge in [-0.15, -0.1) is 11.3 Å². The summed E-state index contributed by atoms with van der Waals surface area (Å²) in [5, 5.41) is 16.8. The maximum Gasteiger partial charge on any atom is 0.425 e. The fourth-order valence-corrected chi connectivity index (χ4v) is 5.48. The van der Waals surface area contributed by atoms with Crippen molar-refractivity contribution in [2.24, 2.45) is 0 Å². The second-order valence-corrected chi connectivity index (χ2v) is 8.06. The first-order chi connectivity index (χ1) is 12.2. The summed E-state index contributed by atoms with van der Waals surface area (Å²) < 4.78 is 46.3. The molecule has 0 amide bonds. The number of nitrogens with one attached hydrogen (secondary N) is 1. The van der Waals surface area contributed by atoms with Crippen molar-refractivity contribution in [1.29, 1.82) is 5.41 Å². The predicted octanol–water partition coefficient (Wildman–Crippen LogP) is 3.72. The largest absolute Gasteiger partial charge is 0.425 e. The number of fused-ring (bicyclic) bond motifs is 2. The summed E-state index contributed by atoms with van der Waals surface area (Å²) >= 11 is 0.738. The van der Waals surface area contributed by atoms with E-state index in [-0.39, 0.29) is 11.6 Å². The van der Waals surface area contributed by atoms with Crippen LogP contribution >= 0.6 is 11.3 Å². The molecule has 1 spiro atoms. The van der Waals surface area contributed by atoms with Gasteiger partial charge < -0.3 is 15.3 Å². The molecule has 3 heterocycles. The summed E-state index contributed by atoms with van der Waals surface area (Å²) in [6.07, 6.45) is -1.64. The van der Waals surface area contributed by atoms with Crippen molar-refractivity contribution in [2.75, 3.05) is 19.7 Å². The summed E-state index contributed by atoms with van der Waals surface area (Å²) in [6, 6.07) is 0.0976. The van der Waals surface area contributed by atoms with Gasteiger partial charge in [0.25, 0.3) is 0 Å². The monoisotopic (exact) mass is 388 g/mol. The molecule has 0 aromatic carbocycles. The molecule has 26 heavy (non-hydrogen) atoms. The number of nitrogens with zero attached hydrogens (tertiary/aromatic N) is 1. The molecule has 2 aliphatic heterocycles. The number of thiophene rings is 1. The van der Waals surface area contributed by atoms with E-state index in [1.165, 1.54) is 6.21 Å². The highest BCUT2D eigenvalue weighted by atomic mass is 32.1. The Labute approximate surface area is 154 Å². The average molecular weight is 388 g/mol. The molecule has 1 fully saturated rings. The van der Waals surface area contributed by atoms with Gasteiger partial charge in [-0.3, -0.25) is 4.90 Å². The quantitative estimate of drug-likeness (QED) is 0.773. The fraction of sp³-hybridized carbons (Fsp3) is 0.611. The third-order valence-corrected chi connectivity index (χ3v) is 6.84. The molecule has 0 bridgehead atoms. The second-order valence-electron chi connectivity index (χ2n) is 7.04. The van der Waals surface area contributed by atoms with Gasteiger partial charge in [-0.2, -0.15) is 13.2 Å². The minimum atomic E-state index is -4.46. The maximum atomic E-state index is 13.4. The molecule has 0 saturated carbocycles. The van der Waals surface area contributed by atoms with E-state index in [4.69, 9.17) is 10.1 Å². The van der Waals surface area contributed by atoms with Crippen LogP contribution in [0, 0.1) is 5.41 Å². The minimum absolute atomic E-state index is 0.0208. The molecule has 0 aliphatic carbocycles. The topological polar surface area (TPSA) is 56.6 Å². The van der Waals surface area contributed by atoms with Crippen molar-refractivity contribution in [3.63, 3.8) is 0 Å². The van der Waals surface area contributed by atoms with Crippen LogP contribution in [0.25, 0.3) is 0 Å². The van der Waals surface area contributed by atoms with Crippen molar-refractivity contribution >= 4 is 17.6 Å². The van der Waals surface area contributed by atoms with Gasteiger partial charge in [0.05, 0.1) is 13.2 Å². The second kappa shape index (κ2) is 7.07. The zero-order valence-corrected chi connectivity index (χ0v) is 15.5. The molecular weight excluding hydrogens is 365 g/mol. The Kier molecular flexibility index (Phi) is 5.31. The third kappa shape index (κ3) is 3.35. The van der Waals surface area contributed by atoms with E-state index >= 15 is 0 Å². The van der Waals surface area contributed by atoms with Gasteiger partial charge in [-0.05, 0) is 37.3 Å². The number of rotatable bonds is 4. The Hall–Kier alpha value is -1.22. The van der Waals surface area contributed by atoms with E-state index in [1.54, 1.807) is 0 Å². The van der Waals surface area contributed by atoms with E-state index in [2.05, 4.69) is 11.5 Å². The lowest BCUT2D eigenvalue weighted by atomic mass is 9.81. The third-order valence-electron chi connectivity index (χ3n) is 5.34. The van der Waals surface area contributed by atoms with Crippen LogP contribution in [0.4, 0.5) is 13.2 Å². The molecule has 1 saturated heterocycles. The number of aliphatic hydroxyl groups is 1. The smallest absolute Gasteiger partial charge is 0.392 e. The fourth-order valence-electron chi connectivity index (χ4n) is 4.07. The van der Waals surface area contributed by atoms with Crippen LogP contribution in [0.3, 0.4) is 0 Å². The summed E-state index contributed by atoms with van der Waals surface area (Å²) in [7, 11) is 0. The Morgan fingerprint density at radius 1 is 1.54 bits per heavy atom. The molecule has 2 N–H and O–H groups in total. The predicted molar refractivity (Wildman–Crippen MR) is 94.8 cm³/mol. The highest BCUT2D eigenvalue weighted by molar-refractivity contribution is 7.12. The van der Waals surface area contributed by atoms with Gasteiger partial charge in [-0.25, -0.2) is 0 Å². The summed E-state index contributed by atoms with van der Waals surface area (Å²) in [5.41, 5.74) is 0.636. The van der Waals surface area contributed by atoms with Gasteiger partial charge in [0.1, 0.15) is 10.5 Å². The number of piperidine rings is 1. The maximum absolute atomic E-state index is 13.4. The lowest BCUT2D eigenvalue weighted by Gasteiger charge is -2.47. The molecule has 144 valence electrons. The molecule has 8 heteroatoms. The number of ether oxygens (including phenoxy) is 1. The van der Waals surface area contributed by atoms with Crippen molar-refractivity contribution in [3.05, 3.63) is 33.0 Å². The lowest BCUT2D eigenvalue weighted by molar-refractivity contribution is -0.135. The summed E-state index contributed by atoms with van der Waals surface area (Å²) in [5.74, 6) is 0. The van der Waals surface area contributed by atoms with Gasteiger partial charge >= 0.3 is 6.18 Å². The van der Waals surface area contributed by atoms with Gasteiger partial charge in [0.15, 0.2) is 0 Å². The van der Waals surface area contributed by atoms with Crippen molar-refractivity contribution in [3.8, 4) is 0 Å². The summed E-state index contributed by atoms with van der Waals surface area (Å²) in [6.45, 7) is 6.87. The first-order valence-corrected chi connectivity index (χ1v) is 9.43. The summed E-state index contributed by atoms with van der Waals surface area (Å²) in [4.78, 5) is 2.13. The standard InChI is InChI=1S/C18H23F3N2O2S/c1-11(8-22)9-23-5-4-17(7-12(23)2)15-13(3-6-25-17)14(10-24)16(26-15)18(19,20)21/h8,12,22,24H,1,3-7,9-10H2,2H3/t12-,17+/m0/s1. The molecule has 3 rings (SSSR count). The molecule has 1 aromatic rings. The molecular formula is C18H23F3N2O2S. The Morgan fingerprint density at radius 3 is 2.85 bits per heavy atom. The van der Waals surface area contributed by atoms with Crippen LogP contribution in [0.15, 0.2) is 12.2 Å². The normalized spacial score (nSPS) is 26.7. The van der Waals surface area contributed by atoms with Crippen LogP contribution in [0.2, 0.25) is 0 Å². The van der Waals surface area contributed by atoms with Gasteiger partial charge in [0.2, 0.25) is 0 Å². The van der Waals surface area contributed by atoms with Crippen LogP contribution in [0.1, 0.15) is 40.6 Å². The Morgan fingerprint density at radius 2 is 2.27 bits per heavy atom. The zero-order chi connectivity index (χ0) is 19.1. The lowest BCUT2D eigenvalue weighted by Crippen LogP contribution is -2.50. The van der Waals surface area contributed by atoms with Crippen LogP contribution in [0.5, 0.6) is 0 Å². The number of alkyl halides is 3. The van der Waals surface area contributed by atoms with Crippen molar-refractivity contribution < 1.29 is 23.0 Å². The highest BCUT2D eigenvalue weighted by Crippen LogP contribution is 2.51. The number of hydrogen-bond acceptors (Lipinski definition) is 5. The number of hydrogen-bond donors (Lipinski definition) is 2. The van der Waals surface area contributed by atoms with Crippen LogP contribution in [-0.4, -0.2) is 42.0 Å². The molecule has 2 atom stereocenters. The van der Waals surface area contributed by atoms with E-state index in [0.717, 1.165) is 11.3 Å². The van der Waals surface area contributed by atoms with Crippen LogP contribution < -0.4 is 0 Å². The van der Waals surface area contributed by atoms with Gasteiger partial charge in [0, 0.05) is 35.8 Å². The van der Waals surface area contributed by atoms with E-state index in [0.29, 0.717) is 55.0 Å². The zero-order valence-electron chi connectivity index (χ0n) is 14.7. The Bertz CT molecular complexity index is 716. The number of halogens is 3. The average Bonchev–Trinajstić information content (AvgIpc) is 2.98. The van der Waals surface area contributed by atoms with Crippen LogP contribution in [-0.2, 0) is 29.5 Å².